The maximum absolute atomic E-state index is 13.1. The average molecular weight is 332 g/mol. The van der Waals surface area contributed by atoms with Crippen LogP contribution in [0.5, 0.6) is 0 Å². The summed E-state index contributed by atoms with van der Waals surface area (Å²) in [6.07, 6.45) is 3.23. The summed E-state index contributed by atoms with van der Waals surface area (Å²) in [5.41, 5.74) is 1.57. The number of furan rings is 1. The maximum Gasteiger partial charge on any atom is 0.313 e. The van der Waals surface area contributed by atoms with Crippen LogP contribution in [0.1, 0.15) is 5.76 Å². The van der Waals surface area contributed by atoms with Crippen molar-refractivity contribution in [2.75, 3.05) is 5.75 Å². The number of aliphatic carboxylic acids is 1. The summed E-state index contributed by atoms with van der Waals surface area (Å²) in [7, 11) is 0. The van der Waals surface area contributed by atoms with Crippen LogP contribution < -0.4 is 0 Å². The number of nitrogens with zero attached hydrogens (tertiary/aromatic N) is 2. The normalized spacial score (nSPS) is 10.8. The zero-order chi connectivity index (χ0) is 16.2. The Labute approximate surface area is 135 Å². The van der Waals surface area contributed by atoms with Crippen LogP contribution in [0.15, 0.2) is 58.4 Å². The third-order valence-corrected chi connectivity index (χ3v) is 4.15. The van der Waals surface area contributed by atoms with Gasteiger partial charge in [-0.15, -0.1) is 0 Å². The third kappa shape index (κ3) is 3.62. The first-order valence-corrected chi connectivity index (χ1v) is 7.80. The predicted octanol–water partition coefficient (Wildman–Crippen LogP) is 3.51. The average Bonchev–Trinajstić information content (AvgIpc) is 3.17. The molecule has 2 aromatic heterocycles. The zero-order valence-corrected chi connectivity index (χ0v) is 12.8. The number of thioether (sulfide) groups is 1. The first-order valence-electron chi connectivity index (χ1n) is 6.82. The summed E-state index contributed by atoms with van der Waals surface area (Å²) < 4.78 is 20.3. The molecular formula is C16H13FN2O3S. The molecule has 23 heavy (non-hydrogen) atoms. The van der Waals surface area contributed by atoms with E-state index in [9.17, 15) is 9.18 Å². The smallest absolute Gasteiger partial charge is 0.313 e. The van der Waals surface area contributed by atoms with Gasteiger partial charge in [0.05, 0.1) is 30.5 Å². The molecule has 1 aromatic carbocycles. The van der Waals surface area contributed by atoms with Crippen LogP contribution in [0.3, 0.4) is 0 Å². The van der Waals surface area contributed by atoms with Crippen molar-refractivity contribution in [3.63, 3.8) is 0 Å². The Morgan fingerprint density at radius 1 is 1.30 bits per heavy atom. The summed E-state index contributed by atoms with van der Waals surface area (Å²) in [6.45, 7) is 0.418. The Bertz CT molecular complexity index is 797. The van der Waals surface area contributed by atoms with Crippen molar-refractivity contribution < 1.29 is 18.7 Å². The fraction of sp³-hybridized carbons (Fsp3) is 0.125. The minimum atomic E-state index is -0.911. The quantitative estimate of drug-likeness (QED) is 0.700. The first kappa shape index (κ1) is 15.4. The minimum Gasteiger partial charge on any atom is -0.481 e. The Kier molecular flexibility index (Phi) is 4.47. The number of benzene rings is 1. The van der Waals surface area contributed by atoms with Crippen molar-refractivity contribution in [3.05, 3.63) is 60.4 Å². The van der Waals surface area contributed by atoms with Gasteiger partial charge >= 0.3 is 5.97 Å². The van der Waals surface area contributed by atoms with E-state index in [0.29, 0.717) is 11.7 Å². The van der Waals surface area contributed by atoms with Gasteiger partial charge in [-0.2, -0.15) is 0 Å². The lowest BCUT2D eigenvalue weighted by molar-refractivity contribution is -0.133. The molecule has 0 atom stereocenters. The van der Waals surface area contributed by atoms with Gasteiger partial charge in [0.2, 0.25) is 0 Å². The number of hydrogen-bond acceptors (Lipinski definition) is 4. The molecule has 0 bridgehead atoms. The Morgan fingerprint density at radius 2 is 2.09 bits per heavy atom. The molecule has 0 amide bonds. The van der Waals surface area contributed by atoms with Crippen molar-refractivity contribution in [1.82, 2.24) is 9.55 Å². The van der Waals surface area contributed by atoms with E-state index in [1.54, 1.807) is 30.7 Å². The summed E-state index contributed by atoms with van der Waals surface area (Å²) in [5, 5.41) is 9.43. The second kappa shape index (κ2) is 6.70. The second-order valence-corrected chi connectivity index (χ2v) is 5.72. The van der Waals surface area contributed by atoms with Gasteiger partial charge < -0.3 is 14.1 Å². The number of carbonyl (C=O) groups is 1. The number of rotatable bonds is 6. The lowest BCUT2D eigenvalue weighted by Gasteiger charge is -2.10. The lowest BCUT2D eigenvalue weighted by atomic mass is 10.1. The molecule has 0 aliphatic rings. The van der Waals surface area contributed by atoms with Gasteiger partial charge in [0.15, 0.2) is 5.16 Å². The lowest BCUT2D eigenvalue weighted by Crippen LogP contribution is -2.05. The van der Waals surface area contributed by atoms with Gasteiger partial charge in [-0.05, 0) is 42.0 Å². The van der Waals surface area contributed by atoms with Crippen molar-refractivity contribution in [1.29, 1.82) is 0 Å². The zero-order valence-electron chi connectivity index (χ0n) is 12.0. The van der Waals surface area contributed by atoms with Crippen LogP contribution in [0.2, 0.25) is 0 Å². The molecule has 7 heteroatoms. The topological polar surface area (TPSA) is 68.3 Å². The van der Waals surface area contributed by atoms with Crippen LogP contribution in [0.25, 0.3) is 11.3 Å². The second-order valence-electron chi connectivity index (χ2n) is 4.78. The van der Waals surface area contributed by atoms with E-state index in [-0.39, 0.29) is 11.6 Å². The number of hydrogen-bond donors (Lipinski definition) is 1. The van der Waals surface area contributed by atoms with E-state index in [4.69, 9.17) is 9.52 Å². The van der Waals surface area contributed by atoms with Gasteiger partial charge in [0, 0.05) is 0 Å². The first-order chi connectivity index (χ1) is 11.1. The van der Waals surface area contributed by atoms with E-state index in [0.717, 1.165) is 28.8 Å². The van der Waals surface area contributed by atoms with Gasteiger partial charge in [0.25, 0.3) is 0 Å². The molecule has 0 aliphatic carbocycles. The summed E-state index contributed by atoms with van der Waals surface area (Å²) in [4.78, 5) is 15.1. The number of imidazole rings is 1. The highest BCUT2D eigenvalue weighted by Gasteiger charge is 2.15. The molecule has 1 N–H and O–H groups in total. The molecule has 0 fully saturated rings. The van der Waals surface area contributed by atoms with E-state index < -0.39 is 5.97 Å². The Hall–Kier alpha value is -2.54. The van der Waals surface area contributed by atoms with Gasteiger partial charge in [-0.3, -0.25) is 4.79 Å². The SMILES string of the molecule is O=C(O)CSc1ncc(-c2ccc(F)cc2)n1Cc1ccco1. The molecule has 118 valence electrons. The van der Waals surface area contributed by atoms with E-state index in [2.05, 4.69) is 4.98 Å². The Balaban J connectivity index is 1.97. The summed E-state index contributed by atoms with van der Waals surface area (Å²) in [5.74, 6) is -0.585. The fourth-order valence-corrected chi connectivity index (χ4v) is 2.86. The molecular weight excluding hydrogens is 319 g/mol. The van der Waals surface area contributed by atoms with Crippen LogP contribution in [0.4, 0.5) is 4.39 Å². The van der Waals surface area contributed by atoms with Gasteiger partial charge in [-0.1, -0.05) is 11.8 Å². The minimum absolute atomic E-state index is 0.0853. The van der Waals surface area contributed by atoms with E-state index in [1.165, 1.54) is 12.1 Å². The van der Waals surface area contributed by atoms with Crippen molar-refractivity contribution in [2.45, 2.75) is 11.7 Å². The molecule has 0 saturated heterocycles. The highest BCUT2D eigenvalue weighted by atomic mass is 32.2. The number of carboxylic acids is 1. The third-order valence-electron chi connectivity index (χ3n) is 3.18. The molecule has 2 heterocycles. The van der Waals surface area contributed by atoms with Crippen LogP contribution in [-0.2, 0) is 11.3 Å². The van der Waals surface area contributed by atoms with Crippen LogP contribution in [-0.4, -0.2) is 26.4 Å². The maximum atomic E-state index is 13.1. The van der Waals surface area contributed by atoms with E-state index in [1.807, 2.05) is 10.6 Å². The molecule has 0 aliphatic heterocycles. The molecule has 3 aromatic rings. The van der Waals surface area contributed by atoms with Crippen LogP contribution in [0, 0.1) is 5.82 Å². The fourth-order valence-electron chi connectivity index (χ4n) is 2.16. The molecule has 0 radical (unpaired) electrons. The van der Waals surface area contributed by atoms with Crippen molar-refractivity contribution in [3.8, 4) is 11.3 Å². The summed E-state index contributed by atoms with van der Waals surface area (Å²) >= 11 is 1.13. The van der Waals surface area contributed by atoms with Crippen molar-refractivity contribution in [2.24, 2.45) is 0 Å². The number of carboxylic acid groups (broad SMARTS) is 1. The molecule has 5 nitrogen and oxygen atoms in total. The monoisotopic (exact) mass is 332 g/mol. The molecule has 3 rings (SSSR count). The van der Waals surface area contributed by atoms with Gasteiger partial charge in [-0.25, -0.2) is 9.37 Å². The highest BCUT2D eigenvalue weighted by molar-refractivity contribution is 7.99. The standard InChI is InChI=1S/C16H13FN2O3S/c17-12-5-3-11(4-6-12)14-8-18-16(23-10-15(20)21)19(14)9-13-2-1-7-22-13/h1-8H,9-10H2,(H,20,21). The molecule has 0 saturated carbocycles. The van der Waals surface area contributed by atoms with Crippen LogP contribution >= 0.6 is 11.8 Å². The molecule has 0 spiro atoms. The Morgan fingerprint density at radius 3 is 2.74 bits per heavy atom. The number of aromatic nitrogens is 2. The number of halogens is 1. The molecule has 0 unspecified atom stereocenters. The largest absolute Gasteiger partial charge is 0.481 e. The summed E-state index contributed by atoms with van der Waals surface area (Å²) in [6, 6.07) is 9.70. The predicted molar refractivity (Wildman–Crippen MR) is 83.8 cm³/mol. The van der Waals surface area contributed by atoms with E-state index >= 15 is 0 Å². The van der Waals surface area contributed by atoms with Crippen molar-refractivity contribution >= 4 is 17.7 Å². The highest BCUT2D eigenvalue weighted by Crippen LogP contribution is 2.27. The van der Waals surface area contributed by atoms with Gasteiger partial charge in [0.1, 0.15) is 11.6 Å².